The van der Waals surface area contributed by atoms with Gasteiger partial charge in [0.1, 0.15) is 0 Å². The zero-order valence-corrected chi connectivity index (χ0v) is 13.0. The van der Waals surface area contributed by atoms with Gasteiger partial charge in [0.15, 0.2) is 0 Å². The molecule has 0 spiro atoms. The standard InChI is InChI=1S/C16H26N4O/c1-19-9-7-13(8-10-19)11-20(2)12-16(21)18-15-6-4-3-5-14(15)17/h3-6,13H,7-12,17H2,1-2H3,(H,18,21). The van der Waals surface area contributed by atoms with Gasteiger partial charge in [0.25, 0.3) is 0 Å². The number of carbonyl (C=O) groups excluding carboxylic acids is 1. The van der Waals surface area contributed by atoms with E-state index in [9.17, 15) is 4.79 Å². The van der Waals surface area contributed by atoms with Crippen molar-refractivity contribution in [2.24, 2.45) is 5.92 Å². The fraction of sp³-hybridized carbons (Fsp3) is 0.562. The lowest BCUT2D eigenvalue weighted by atomic mass is 9.97. The van der Waals surface area contributed by atoms with Crippen LogP contribution in [0, 0.1) is 5.92 Å². The van der Waals surface area contributed by atoms with Gasteiger partial charge < -0.3 is 16.0 Å². The maximum absolute atomic E-state index is 12.1. The van der Waals surface area contributed by atoms with Gasteiger partial charge in [-0.15, -0.1) is 0 Å². The van der Waals surface area contributed by atoms with Crippen molar-refractivity contribution in [3.05, 3.63) is 24.3 Å². The number of hydrogen-bond donors (Lipinski definition) is 2. The summed E-state index contributed by atoms with van der Waals surface area (Å²) in [6, 6.07) is 7.34. The van der Waals surface area contributed by atoms with Crippen molar-refractivity contribution < 1.29 is 4.79 Å². The molecule has 1 amide bonds. The highest BCUT2D eigenvalue weighted by Gasteiger charge is 2.19. The van der Waals surface area contributed by atoms with E-state index in [1.54, 1.807) is 6.07 Å². The fourth-order valence-electron chi connectivity index (χ4n) is 2.80. The molecule has 0 aliphatic carbocycles. The minimum absolute atomic E-state index is 0.0108. The minimum Gasteiger partial charge on any atom is -0.397 e. The minimum atomic E-state index is -0.0108. The molecule has 2 rings (SSSR count). The first-order valence-electron chi connectivity index (χ1n) is 7.56. The van der Waals surface area contributed by atoms with E-state index < -0.39 is 0 Å². The lowest BCUT2D eigenvalue weighted by Gasteiger charge is -2.31. The third kappa shape index (κ3) is 5.02. The molecule has 1 fully saturated rings. The van der Waals surface area contributed by atoms with Crippen LogP contribution in [0.3, 0.4) is 0 Å². The molecule has 1 aromatic carbocycles. The van der Waals surface area contributed by atoms with Crippen molar-refractivity contribution in [3.8, 4) is 0 Å². The second-order valence-electron chi connectivity index (χ2n) is 6.08. The molecule has 1 saturated heterocycles. The lowest BCUT2D eigenvalue weighted by molar-refractivity contribution is -0.117. The number of hydrogen-bond acceptors (Lipinski definition) is 4. The van der Waals surface area contributed by atoms with Gasteiger partial charge in [-0.25, -0.2) is 0 Å². The first-order valence-corrected chi connectivity index (χ1v) is 7.56. The normalized spacial score (nSPS) is 17.1. The summed E-state index contributed by atoms with van der Waals surface area (Å²) in [4.78, 5) is 16.5. The van der Waals surface area contributed by atoms with Crippen molar-refractivity contribution in [2.45, 2.75) is 12.8 Å². The van der Waals surface area contributed by atoms with Gasteiger partial charge in [0, 0.05) is 6.54 Å². The van der Waals surface area contributed by atoms with E-state index >= 15 is 0 Å². The zero-order valence-electron chi connectivity index (χ0n) is 13.0. The van der Waals surface area contributed by atoms with Gasteiger partial charge in [-0.05, 0) is 58.1 Å². The molecule has 1 aliphatic heterocycles. The molecule has 0 unspecified atom stereocenters. The number of para-hydroxylation sites is 2. The van der Waals surface area contributed by atoms with Crippen LogP contribution in [-0.2, 0) is 4.79 Å². The van der Waals surface area contributed by atoms with Gasteiger partial charge in [0.05, 0.1) is 17.9 Å². The molecule has 1 heterocycles. The number of piperidine rings is 1. The lowest BCUT2D eigenvalue weighted by Crippen LogP contribution is -2.38. The summed E-state index contributed by atoms with van der Waals surface area (Å²) in [5.41, 5.74) is 7.12. The number of rotatable bonds is 5. The molecule has 3 N–H and O–H groups in total. The largest absolute Gasteiger partial charge is 0.397 e. The number of likely N-dealkylation sites (tertiary alicyclic amines) is 1. The Hall–Kier alpha value is -1.59. The first kappa shape index (κ1) is 15.8. The van der Waals surface area contributed by atoms with Gasteiger partial charge in [0.2, 0.25) is 5.91 Å². The number of nitrogens with zero attached hydrogens (tertiary/aromatic N) is 2. The quantitative estimate of drug-likeness (QED) is 0.806. The molecule has 0 bridgehead atoms. The average Bonchev–Trinajstić information content (AvgIpc) is 2.44. The number of nitrogens with one attached hydrogen (secondary N) is 1. The SMILES string of the molecule is CN1CCC(CN(C)CC(=O)Nc2ccccc2N)CC1. The Morgan fingerprint density at radius 3 is 2.71 bits per heavy atom. The third-order valence-electron chi connectivity index (χ3n) is 4.06. The molecule has 5 heteroatoms. The Morgan fingerprint density at radius 1 is 1.38 bits per heavy atom. The molecule has 0 aromatic heterocycles. The van der Waals surface area contributed by atoms with Crippen molar-refractivity contribution in [1.29, 1.82) is 0 Å². The number of carbonyl (C=O) groups is 1. The summed E-state index contributed by atoms with van der Waals surface area (Å²) >= 11 is 0. The molecule has 116 valence electrons. The van der Waals surface area contributed by atoms with Crippen LogP contribution in [-0.4, -0.2) is 56.0 Å². The smallest absolute Gasteiger partial charge is 0.238 e. The molecule has 1 aromatic rings. The van der Waals surface area contributed by atoms with Crippen molar-refractivity contribution in [1.82, 2.24) is 9.80 Å². The van der Waals surface area contributed by atoms with E-state index in [0.29, 0.717) is 23.8 Å². The van der Waals surface area contributed by atoms with Crippen LogP contribution in [0.5, 0.6) is 0 Å². The van der Waals surface area contributed by atoms with Crippen LogP contribution in [0.1, 0.15) is 12.8 Å². The highest BCUT2D eigenvalue weighted by molar-refractivity contribution is 5.95. The van der Waals surface area contributed by atoms with Crippen molar-refractivity contribution in [3.63, 3.8) is 0 Å². The molecular formula is C16H26N4O. The van der Waals surface area contributed by atoms with Gasteiger partial charge >= 0.3 is 0 Å². The van der Waals surface area contributed by atoms with Crippen molar-refractivity contribution >= 4 is 17.3 Å². The summed E-state index contributed by atoms with van der Waals surface area (Å²) < 4.78 is 0. The predicted octanol–water partition coefficient (Wildman–Crippen LogP) is 1.48. The Balaban J connectivity index is 1.76. The molecular weight excluding hydrogens is 264 g/mol. The molecule has 0 radical (unpaired) electrons. The molecule has 1 aliphatic rings. The summed E-state index contributed by atoms with van der Waals surface area (Å²) in [7, 11) is 4.17. The molecule has 0 atom stereocenters. The van der Waals surface area contributed by atoms with Crippen LogP contribution >= 0.6 is 0 Å². The average molecular weight is 290 g/mol. The number of likely N-dealkylation sites (N-methyl/N-ethyl adjacent to an activating group) is 1. The Bertz CT molecular complexity index is 469. The number of nitrogens with two attached hydrogens (primary N) is 1. The summed E-state index contributed by atoms with van der Waals surface area (Å²) in [6.07, 6.45) is 2.43. The third-order valence-corrected chi connectivity index (χ3v) is 4.06. The molecule has 21 heavy (non-hydrogen) atoms. The highest BCUT2D eigenvalue weighted by atomic mass is 16.2. The maximum atomic E-state index is 12.1. The van der Waals surface area contributed by atoms with Crippen LogP contribution in [0.2, 0.25) is 0 Å². The predicted molar refractivity (Wildman–Crippen MR) is 87.2 cm³/mol. The van der Waals surface area contributed by atoms with Crippen LogP contribution < -0.4 is 11.1 Å². The first-order chi connectivity index (χ1) is 10.0. The van der Waals surface area contributed by atoms with Gasteiger partial charge in [-0.3, -0.25) is 9.69 Å². The second kappa shape index (κ2) is 7.43. The van der Waals surface area contributed by atoms with Crippen LogP contribution in [0.25, 0.3) is 0 Å². The zero-order chi connectivity index (χ0) is 15.2. The van der Waals surface area contributed by atoms with E-state index in [-0.39, 0.29) is 5.91 Å². The molecule has 5 nitrogen and oxygen atoms in total. The monoisotopic (exact) mass is 290 g/mol. The van der Waals surface area contributed by atoms with Crippen molar-refractivity contribution in [2.75, 3.05) is 51.3 Å². The van der Waals surface area contributed by atoms with Gasteiger partial charge in [-0.1, -0.05) is 12.1 Å². The summed E-state index contributed by atoms with van der Waals surface area (Å²) in [5.74, 6) is 0.684. The Morgan fingerprint density at radius 2 is 2.05 bits per heavy atom. The maximum Gasteiger partial charge on any atom is 0.238 e. The summed E-state index contributed by atoms with van der Waals surface area (Å²) in [5, 5.41) is 2.87. The van der Waals surface area contributed by atoms with E-state index in [4.69, 9.17) is 5.73 Å². The van der Waals surface area contributed by atoms with Crippen LogP contribution in [0.4, 0.5) is 11.4 Å². The number of anilines is 2. The second-order valence-corrected chi connectivity index (χ2v) is 6.08. The topological polar surface area (TPSA) is 61.6 Å². The van der Waals surface area contributed by atoms with E-state index in [1.807, 2.05) is 25.2 Å². The number of benzene rings is 1. The van der Waals surface area contributed by atoms with Crippen LogP contribution in [0.15, 0.2) is 24.3 Å². The highest BCUT2D eigenvalue weighted by Crippen LogP contribution is 2.18. The van der Waals surface area contributed by atoms with Gasteiger partial charge in [-0.2, -0.15) is 0 Å². The fourth-order valence-corrected chi connectivity index (χ4v) is 2.80. The summed E-state index contributed by atoms with van der Waals surface area (Å²) in [6.45, 7) is 3.70. The van der Waals surface area contributed by atoms with E-state index in [1.165, 1.54) is 12.8 Å². The Kier molecular flexibility index (Phi) is 5.59. The molecule has 0 saturated carbocycles. The number of amides is 1. The Labute approximate surface area is 127 Å². The number of nitrogen functional groups attached to an aromatic ring is 1. The van der Waals surface area contributed by atoms with E-state index in [2.05, 4.69) is 22.2 Å². The van der Waals surface area contributed by atoms with E-state index in [0.717, 1.165) is 19.6 Å².